The number of fused-ring (bicyclic) bond motifs is 1. The topological polar surface area (TPSA) is 106 Å². The van der Waals surface area contributed by atoms with Crippen molar-refractivity contribution in [1.29, 1.82) is 0 Å². The molecular formula is C15H16N4O4S. The van der Waals surface area contributed by atoms with Gasteiger partial charge in [0, 0.05) is 26.2 Å². The SMILES string of the molecule is C#CCN1CCN(S(=O)(=O)c2ccc3[nH]c(=O)[nH]c(=O)c3c2)CC1. The Hall–Kier alpha value is -2.41. The van der Waals surface area contributed by atoms with Gasteiger partial charge in [0.1, 0.15) is 0 Å². The summed E-state index contributed by atoms with van der Waals surface area (Å²) >= 11 is 0. The molecule has 0 amide bonds. The van der Waals surface area contributed by atoms with Gasteiger partial charge in [-0.3, -0.25) is 14.7 Å². The molecule has 0 bridgehead atoms. The van der Waals surface area contributed by atoms with E-state index in [1.165, 1.54) is 22.5 Å². The van der Waals surface area contributed by atoms with Gasteiger partial charge in [0.15, 0.2) is 0 Å². The van der Waals surface area contributed by atoms with Gasteiger partial charge in [-0.25, -0.2) is 13.2 Å². The minimum atomic E-state index is -3.71. The number of hydrogen-bond acceptors (Lipinski definition) is 5. The maximum absolute atomic E-state index is 12.8. The summed E-state index contributed by atoms with van der Waals surface area (Å²) in [5.74, 6) is 2.54. The van der Waals surface area contributed by atoms with E-state index in [9.17, 15) is 18.0 Å². The van der Waals surface area contributed by atoms with Crippen LogP contribution in [0.5, 0.6) is 0 Å². The van der Waals surface area contributed by atoms with Crippen LogP contribution in [0, 0.1) is 12.3 Å². The van der Waals surface area contributed by atoms with Crippen molar-refractivity contribution in [3.05, 3.63) is 39.0 Å². The number of rotatable bonds is 3. The van der Waals surface area contributed by atoms with E-state index in [-0.39, 0.29) is 10.3 Å². The Kier molecular flexibility index (Phi) is 4.28. The van der Waals surface area contributed by atoms with E-state index in [1.807, 2.05) is 4.90 Å². The van der Waals surface area contributed by atoms with Crippen molar-refractivity contribution < 1.29 is 8.42 Å². The molecular weight excluding hydrogens is 332 g/mol. The molecule has 1 aromatic heterocycles. The van der Waals surface area contributed by atoms with E-state index in [1.54, 1.807) is 0 Å². The first-order valence-corrected chi connectivity index (χ1v) is 8.78. The largest absolute Gasteiger partial charge is 0.326 e. The lowest BCUT2D eigenvalue weighted by Gasteiger charge is -2.32. The van der Waals surface area contributed by atoms with Gasteiger partial charge in [-0.15, -0.1) is 6.42 Å². The molecule has 1 fully saturated rings. The van der Waals surface area contributed by atoms with E-state index in [2.05, 4.69) is 15.9 Å². The zero-order chi connectivity index (χ0) is 17.3. The Bertz CT molecular complexity index is 1020. The van der Waals surface area contributed by atoms with E-state index >= 15 is 0 Å². The molecule has 24 heavy (non-hydrogen) atoms. The molecule has 0 unspecified atom stereocenters. The van der Waals surface area contributed by atoms with Gasteiger partial charge >= 0.3 is 5.69 Å². The number of sulfonamides is 1. The zero-order valence-corrected chi connectivity index (χ0v) is 13.6. The average Bonchev–Trinajstić information content (AvgIpc) is 2.55. The van der Waals surface area contributed by atoms with Gasteiger partial charge in [-0.05, 0) is 18.2 Å². The van der Waals surface area contributed by atoms with Crippen molar-refractivity contribution in [3.8, 4) is 12.3 Å². The van der Waals surface area contributed by atoms with E-state index in [4.69, 9.17) is 6.42 Å². The van der Waals surface area contributed by atoms with Gasteiger partial charge in [-0.2, -0.15) is 4.31 Å². The summed E-state index contributed by atoms with van der Waals surface area (Å²) in [7, 11) is -3.71. The molecule has 0 radical (unpaired) electrons. The normalized spacial score (nSPS) is 17.0. The van der Waals surface area contributed by atoms with Crippen molar-refractivity contribution in [2.24, 2.45) is 0 Å². The summed E-state index contributed by atoms with van der Waals surface area (Å²) in [6.45, 7) is 2.29. The summed E-state index contributed by atoms with van der Waals surface area (Å²) in [4.78, 5) is 29.7. The molecule has 0 saturated carbocycles. The smallest absolute Gasteiger partial charge is 0.307 e. The maximum atomic E-state index is 12.8. The summed E-state index contributed by atoms with van der Waals surface area (Å²) < 4.78 is 26.9. The van der Waals surface area contributed by atoms with Crippen molar-refractivity contribution in [3.63, 3.8) is 0 Å². The van der Waals surface area contributed by atoms with E-state index in [0.717, 1.165) is 0 Å². The molecule has 0 spiro atoms. The third kappa shape index (κ3) is 2.99. The number of H-pyrrole nitrogens is 2. The van der Waals surface area contributed by atoms with E-state index < -0.39 is 21.3 Å². The third-order valence-corrected chi connectivity index (χ3v) is 5.89. The number of piperazine rings is 1. The third-order valence-electron chi connectivity index (χ3n) is 3.99. The Morgan fingerprint density at radius 2 is 1.83 bits per heavy atom. The number of hydrogen-bond donors (Lipinski definition) is 2. The molecule has 2 heterocycles. The van der Waals surface area contributed by atoms with Crippen LogP contribution in [0.4, 0.5) is 0 Å². The van der Waals surface area contributed by atoms with Crippen LogP contribution in [0.15, 0.2) is 32.7 Å². The number of nitrogens with zero attached hydrogens (tertiary/aromatic N) is 2. The molecule has 2 N–H and O–H groups in total. The number of benzene rings is 1. The molecule has 9 heteroatoms. The second kappa shape index (κ2) is 6.24. The average molecular weight is 348 g/mol. The molecule has 3 rings (SSSR count). The fourth-order valence-electron chi connectivity index (χ4n) is 2.71. The molecule has 0 atom stereocenters. The van der Waals surface area contributed by atoms with Gasteiger partial charge in [0.2, 0.25) is 10.0 Å². The first-order chi connectivity index (χ1) is 11.4. The Labute approximate surface area is 138 Å². The highest BCUT2D eigenvalue weighted by molar-refractivity contribution is 7.89. The Balaban J connectivity index is 1.93. The monoisotopic (exact) mass is 348 g/mol. The van der Waals surface area contributed by atoms with Crippen molar-refractivity contribution in [2.45, 2.75) is 4.90 Å². The lowest BCUT2D eigenvalue weighted by Crippen LogP contribution is -2.48. The maximum Gasteiger partial charge on any atom is 0.326 e. The van der Waals surface area contributed by atoms with Crippen molar-refractivity contribution >= 4 is 20.9 Å². The minimum Gasteiger partial charge on any atom is -0.307 e. The summed E-state index contributed by atoms with van der Waals surface area (Å²) in [5.41, 5.74) is -0.959. The second-order valence-electron chi connectivity index (χ2n) is 5.50. The first kappa shape index (κ1) is 16.4. The van der Waals surface area contributed by atoms with Gasteiger partial charge < -0.3 is 4.98 Å². The van der Waals surface area contributed by atoms with Crippen LogP contribution < -0.4 is 11.2 Å². The quantitative estimate of drug-likeness (QED) is 0.703. The van der Waals surface area contributed by atoms with Crippen LogP contribution in [-0.2, 0) is 10.0 Å². The lowest BCUT2D eigenvalue weighted by atomic mass is 10.2. The molecule has 2 aromatic rings. The number of nitrogens with one attached hydrogen (secondary N) is 2. The lowest BCUT2D eigenvalue weighted by molar-refractivity contribution is 0.207. The first-order valence-electron chi connectivity index (χ1n) is 7.34. The van der Waals surface area contributed by atoms with Crippen LogP contribution in [0.3, 0.4) is 0 Å². The summed E-state index contributed by atoms with van der Waals surface area (Å²) in [5, 5.41) is 0.127. The summed E-state index contributed by atoms with van der Waals surface area (Å²) in [6, 6.07) is 4.10. The fourth-order valence-corrected chi connectivity index (χ4v) is 4.16. The van der Waals surface area contributed by atoms with Crippen molar-refractivity contribution in [1.82, 2.24) is 19.2 Å². The molecule has 0 aliphatic carbocycles. The van der Waals surface area contributed by atoms with Crippen LogP contribution in [0.1, 0.15) is 0 Å². The predicted molar refractivity (Wildman–Crippen MR) is 89.2 cm³/mol. The summed E-state index contributed by atoms with van der Waals surface area (Å²) in [6.07, 6.45) is 5.27. The molecule has 1 aromatic carbocycles. The number of aromatic nitrogens is 2. The highest BCUT2D eigenvalue weighted by Gasteiger charge is 2.28. The minimum absolute atomic E-state index is 0.0259. The number of terminal acetylenes is 1. The Morgan fingerprint density at radius 1 is 1.12 bits per heavy atom. The highest BCUT2D eigenvalue weighted by atomic mass is 32.2. The molecule has 126 valence electrons. The van der Waals surface area contributed by atoms with Gasteiger partial charge in [-0.1, -0.05) is 5.92 Å². The van der Waals surface area contributed by atoms with Crippen LogP contribution >= 0.6 is 0 Å². The molecule has 1 aliphatic rings. The number of aromatic amines is 2. The highest BCUT2D eigenvalue weighted by Crippen LogP contribution is 2.20. The Morgan fingerprint density at radius 3 is 2.50 bits per heavy atom. The fraction of sp³-hybridized carbons (Fsp3) is 0.333. The second-order valence-corrected chi connectivity index (χ2v) is 7.44. The standard InChI is InChI=1S/C15H16N4O4S/c1-2-5-18-6-8-19(9-7-18)24(22,23)11-3-4-13-12(10-11)14(20)17-15(21)16-13/h1,3-4,10H,5-9H2,(H2,16,17,20,21). The molecule has 1 aliphatic heterocycles. The predicted octanol–water partition coefficient (Wildman–Crippen LogP) is -0.844. The van der Waals surface area contributed by atoms with Crippen molar-refractivity contribution in [2.75, 3.05) is 32.7 Å². The zero-order valence-electron chi connectivity index (χ0n) is 12.8. The van der Waals surface area contributed by atoms with Crippen LogP contribution in [0.2, 0.25) is 0 Å². The van der Waals surface area contributed by atoms with Crippen LogP contribution in [-0.4, -0.2) is 60.3 Å². The van der Waals surface area contributed by atoms with Crippen LogP contribution in [0.25, 0.3) is 10.9 Å². The van der Waals surface area contributed by atoms with E-state index in [0.29, 0.717) is 38.2 Å². The molecule has 8 nitrogen and oxygen atoms in total. The molecule has 1 saturated heterocycles. The van der Waals surface area contributed by atoms with Gasteiger partial charge in [0.05, 0.1) is 22.3 Å². The van der Waals surface area contributed by atoms with Gasteiger partial charge in [0.25, 0.3) is 5.56 Å².